The van der Waals surface area contributed by atoms with Crippen LogP contribution in [0, 0.1) is 27.7 Å². The molecule has 0 atom stereocenters. The van der Waals surface area contributed by atoms with Crippen molar-refractivity contribution >= 4 is 11.3 Å². The van der Waals surface area contributed by atoms with Crippen molar-refractivity contribution in [2.24, 2.45) is 0 Å². The number of thiazole rings is 1. The highest BCUT2D eigenvalue weighted by Crippen LogP contribution is 2.22. The lowest BCUT2D eigenvalue weighted by molar-refractivity contribution is 0.649. The Kier molecular flexibility index (Phi) is 3.65. The summed E-state index contributed by atoms with van der Waals surface area (Å²) in [6.45, 7) is 10.2. The lowest BCUT2D eigenvalue weighted by Gasteiger charge is -2.05. The van der Waals surface area contributed by atoms with Crippen LogP contribution in [-0.2, 0) is 13.1 Å². The number of aromatic nitrogens is 3. The molecule has 0 aliphatic heterocycles. The SMILES string of the molecule is Cc1nc(Cn2nc(C)c(CNC3CC3)c2C)sc1C. The Morgan fingerprint density at radius 2 is 1.95 bits per heavy atom. The van der Waals surface area contributed by atoms with E-state index in [1.54, 1.807) is 11.3 Å². The van der Waals surface area contributed by atoms with Gasteiger partial charge in [-0.25, -0.2) is 4.98 Å². The van der Waals surface area contributed by atoms with Crippen LogP contribution in [0.1, 0.15) is 45.4 Å². The van der Waals surface area contributed by atoms with E-state index in [0.717, 1.165) is 35.5 Å². The van der Waals surface area contributed by atoms with Crippen molar-refractivity contribution in [3.05, 3.63) is 32.5 Å². The molecule has 0 amide bonds. The van der Waals surface area contributed by atoms with E-state index >= 15 is 0 Å². The molecule has 0 aromatic carbocycles. The summed E-state index contributed by atoms with van der Waals surface area (Å²) in [6.07, 6.45) is 2.65. The predicted octanol–water partition coefficient (Wildman–Crippen LogP) is 2.87. The van der Waals surface area contributed by atoms with E-state index < -0.39 is 0 Å². The third kappa shape index (κ3) is 2.79. The van der Waals surface area contributed by atoms with Crippen LogP contribution in [0.5, 0.6) is 0 Å². The normalized spacial score (nSPS) is 15.0. The van der Waals surface area contributed by atoms with Gasteiger partial charge in [0.1, 0.15) is 5.01 Å². The number of nitrogens with one attached hydrogen (secondary N) is 1. The molecule has 0 radical (unpaired) electrons. The Bertz CT molecular complexity index is 603. The van der Waals surface area contributed by atoms with Gasteiger partial charge in [0, 0.05) is 28.7 Å². The molecule has 1 saturated carbocycles. The summed E-state index contributed by atoms with van der Waals surface area (Å²) in [7, 11) is 0. The minimum absolute atomic E-state index is 0.737. The van der Waals surface area contributed by atoms with Gasteiger partial charge in [0.15, 0.2) is 0 Å². The maximum atomic E-state index is 4.69. The smallest absolute Gasteiger partial charge is 0.115 e. The Balaban J connectivity index is 1.77. The topological polar surface area (TPSA) is 42.7 Å². The summed E-state index contributed by atoms with van der Waals surface area (Å²) in [5.74, 6) is 0. The van der Waals surface area contributed by atoms with Crippen LogP contribution in [0.15, 0.2) is 0 Å². The molecule has 1 aliphatic carbocycles. The van der Waals surface area contributed by atoms with E-state index in [2.05, 4.69) is 47.8 Å². The molecule has 3 rings (SSSR count). The van der Waals surface area contributed by atoms with Crippen molar-refractivity contribution in [2.45, 2.75) is 59.7 Å². The van der Waals surface area contributed by atoms with Crippen LogP contribution >= 0.6 is 11.3 Å². The average molecular weight is 290 g/mol. The second kappa shape index (κ2) is 5.30. The summed E-state index contributed by atoms with van der Waals surface area (Å²) < 4.78 is 2.09. The predicted molar refractivity (Wildman–Crippen MR) is 82.3 cm³/mol. The van der Waals surface area contributed by atoms with E-state index in [9.17, 15) is 0 Å². The highest BCUT2D eigenvalue weighted by Gasteiger charge is 2.21. The first-order valence-corrected chi connectivity index (χ1v) is 8.05. The molecule has 2 heterocycles. The molecule has 108 valence electrons. The molecule has 2 aromatic heterocycles. The van der Waals surface area contributed by atoms with E-state index in [4.69, 9.17) is 0 Å². The monoisotopic (exact) mass is 290 g/mol. The number of aryl methyl sites for hydroxylation is 3. The Morgan fingerprint density at radius 3 is 2.55 bits per heavy atom. The molecule has 5 heteroatoms. The van der Waals surface area contributed by atoms with Crippen molar-refractivity contribution < 1.29 is 0 Å². The van der Waals surface area contributed by atoms with Gasteiger partial charge in [-0.2, -0.15) is 5.10 Å². The fourth-order valence-electron chi connectivity index (χ4n) is 2.41. The summed E-state index contributed by atoms with van der Waals surface area (Å²) in [5, 5.41) is 9.41. The fourth-order valence-corrected chi connectivity index (χ4v) is 3.33. The quantitative estimate of drug-likeness (QED) is 0.921. The van der Waals surface area contributed by atoms with Gasteiger partial charge in [0.05, 0.1) is 17.9 Å². The van der Waals surface area contributed by atoms with Crippen molar-refractivity contribution in [3.63, 3.8) is 0 Å². The van der Waals surface area contributed by atoms with Crippen molar-refractivity contribution in [3.8, 4) is 0 Å². The molecule has 0 bridgehead atoms. The molecule has 1 N–H and O–H groups in total. The Labute approximate surface area is 124 Å². The highest BCUT2D eigenvalue weighted by atomic mass is 32.1. The first-order chi connectivity index (χ1) is 9.54. The second-order valence-corrected chi connectivity index (χ2v) is 7.00. The van der Waals surface area contributed by atoms with Gasteiger partial charge >= 0.3 is 0 Å². The minimum Gasteiger partial charge on any atom is -0.310 e. The number of hydrogen-bond acceptors (Lipinski definition) is 4. The zero-order chi connectivity index (χ0) is 14.3. The maximum Gasteiger partial charge on any atom is 0.115 e. The van der Waals surface area contributed by atoms with E-state index in [-0.39, 0.29) is 0 Å². The third-order valence-corrected chi connectivity index (χ3v) is 5.09. The lowest BCUT2D eigenvalue weighted by Crippen LogP contribution is -2.16. The molecule has 2 aromatic rings. The van der Waals surface area contributed by atoms with E-state index in [1.807, 2.05) is 0 Å². The first-order valence-electron chi connectivity index (χ1n) is 7.23. The third-order valence-electron chi connectivity index (χ3n) is 4.03. The van der Waals surface area contributed by atoms with Crippen molar-refractivity contribution in [1.29, 1.82) is 0 Å². The van der Waals surface area contributed by atoms with Crippen LogP contribution in [0.25, 0.3) is 0 Å². The molecule has 0 spiro atoms. The molecule has 1 aliphatic rings. The van der Waals surface area contributed by atoms with Gasteiger partial charge in [-0.15, -0.1) is 11.3 Å². The minimum atomic E-state index is 0.737. The molecule has 1 fully saturated rings. The molecule has 4 nitrogen and oxygen atoms in total. The molecule has 0 saturated heterocycles. The zero-order valence-corrected chi connectivity index (χ0v) is 13.5. The average Bonchev–Trinajstić information content (AvgIpc) is 3.11. The molecule has 0 unspecified atom stereocenters. The number of rotatable bonds is 5. The van der Waals surface area contributed by atoms with Gasteiger partial charge in [-0.1, -0.05) is 0 Å². The summed E-state index contributed by atoms with van der Waals surface area (Å²) in [5.41, 5.74) is 4.89. The summed E-state index contributed by atoms with van der Waals surface area (Å²) in [4.78, 5) is 5.91. The first kappa shape index (κ1) is 13.8. The van der Waals surface area contributed by atoms with Crippen molar-refractivity contribution in [2.75, 3.05) is 0 Å². The van der Waals surface area contributed by atoms with Crippen LogP contribution in [0.2, 0.25) is 0 Å². The Hall–Kier alpha value is -1.20. The number of hydrogen-bond donors (Lipinski definition) is 1. The maximum absolute atomic E-state index is 4.69. The standard InChI is InChI=1S/C15H22N4S/c1-9-12(4)20-15(17-9)8-19-11(3)14(10(2)18-19)7-16-13-5-6-13/h13,16H,5-8H2,1-4H3. The Morgan fingerprint density at radius 1 is 1.20 bits per heavy atom. The van der Waals surface area contributed by atoms with Crippen LogP contribution in [-0.4, -0.2) is 20.8 Å². The van der Waals surface area contributed by atoms with Crippen LogP contribution in [0.4, 0.5) is 0 Å². The molecular formula is C15H22N4S. The second-order valence-electron chi connectivity index (χ2n) is 5.71. The zero-order valence-electron chi connectivity index (χ0n) is 12.7. The molecular weight excluding hydrogens is 268 g/mol. The summed E-state index contributed by atoms with van der Waals surface area (Å²) in [6, 6.07) is 0.737. The number of nitrogens with zero attached hydrogens (tertiary/aromatic N) is 3. The molecule has 20 heavy (non-hydrogen) atoms. The lowest BCUT2D eigenvalue weighted by atomic mass is 10.2. The van der Waals surface area contributed by atoms with Gasteiger partial charge in [0.2, 0.25) is 0 Å². The van der Waals surface area contributed by atoms with Crippen molar-refractivity contribution in [1.82, 2.24) is 20.1 Å². The van der Waals surface area contributed by atoms with Gasteiger partial charge in [-0.05, 0) is 40.5 Å². The van der Waals surface area contributed by atoms with E-state index in [1.165, 1.54) is 29.0 Å². The van der Waals surface area contributed by atoms with Gasteiger partial charge in [0.25, 0.3) is 0 Å². The van der Waals surface area contributed by atoms with E-state index in [0.29, 0.717) is 0 Å². The fraction of sp³-hybridized carbons (Fsp3) is 0.600. The highest BCUT2D eigenvalue weighted by molar-refractivity contribution is 7.11. The van der Waals surface area contributed by atoms with Crippen LogP contribution in [0.3, 0.4) is 0 Å². The van der Waals surface area contributed by atoms with Gasteiger partial charge < -0.3 is 5.32 Å². The van der Waals surface area contributed by atoms with Crippen LogP contribution < -0.4 is 5.32 Å². The summed E-state index contributed by atoms with van der Waals surface area (Å²) >= 11 is 1.77. The van der Waals surface area contributed by atoms with Gasteiger partial charge in [-0.3, -0.25) is 4.68 Å². The largest absolute Gasteiger partial charge is 0.310 e.